The Balaban J connectivity index is 1.89. The molecule has 1 aliphatic heterocycles. The summed E-state index contributed by atoms with van der Waals surface area (Å²) in [6, 6.07) is 2.40. The Hall–Kier alpha value is -1.05. The van der Waals surface area contributed by atoms with Crippen LogP contribution in [0.4, 0.5) is 8.78 Å². The Morgan fingerprint density at radius 2 is 1.76 bits per heavy atom. The molecule has 1 aliphatic carbocycles. The zero-order valence-corrected chi connectivity index (χ0v) is 12.3. The molecular formula is C14H18F2N2O2S. The predicted molar refractivity (Wildman–Crippen MR) is 73.9 cm³/mol. The van der Waals surface area contributed by atoms with Crippen LogP contribution in [-0.4, -0.2) is 31.9 Å². The second-order valence-electron chi connectivity index (χ2n) is 5.95. The van der Waals surface area contributed by atoms with E-state index in [0.29, 0.717) is 19.2 Å². The van der Waals surface area contributed by atoms with Gasteiger partial charge in [0.05, 0.1) is 4.90 Å². The molecule has 1 aromatic carbocycles. The Labute approximate surface area is 123 Å². The van der Waals surface area contributed by atoms with E-state index in [9.17, 15) is 17.2 Å². The minimum absolute atomic E-state index is 0.00759. The van der Waals surface area contributed by atoms with Gasteiger partial charge in [0, 0.05) is 25.2 Å². The summed E-state index contributed by atoms with van der Waals surface area (Å²) >= 11 is 0. The largest absolute Gasteiger partial charge is 0.327 e. The number of hydrogen-bond acceptors (Lipinski definition) is 3. The van der Waals surface area contributed by atoms with Gasteiger partial charge in [-0.2, -0.15) is 4.31 Å². The number of fused-ring (bicyclic) bond motifs is 1. The Morgan fingerprint density at radius 1 is 1.10 bits per heavy atom. The van der Waals surface area contributed by atoms with Gasteiger partial charge in [-0.3, -0.25) is 0 Å². The van der Waals surface area contributed by atoms with Gasteiger partial charge in [-0.05, 0) is 36.8 Å². The van der Waals surface area contributed by atoms with Crippen molar-refractivity contribution >= 4 is 10.0 Å². The second-order valence-corrected chi connectivity index (χ2v) is 7.88. The van der Waals surface area contributed by atoms with Gasteiger partial charge in [-0.1, -0.05) is 6.42 Å². The third-order valence-electron chi connectivity index (χ3n) is 4.59. The Bertz CT molecular complexity index is 630. The van der Waals surface area contributed by atoms with Gasteiger partial charge < -0.3 is 5.73 Å². The van der Waals surface area contributed by atoms with E-state index in [1.165, 1.54) is 4.31 Å². The lowest BCUT2D eigenvalue weighted by Gasteiger charge is -2.29. The van der Waals surface area contributed by atoms with E-state index in [1.807, 2.05) is 0 Å². The van der Waals surface area contributed by atoms with Crippen molar-refractivity contribution < 1.29 is 17.2 Å². The van der Waals surface area contributed by atoms with E-state index in [2.05, 4.69) is 0 Å². The highest BCUT2D eigenvalue weighted by atomic mass is 32.2. The maximum atomic E-state index is 13.3. The zero-order valence-electron chi connectivity index (χ0n) is 11.5. The quantitative estimate of drug-likeness (QED) is 0.903. The smallest absolute Gasteiger partial charge is 0.243 e. The molecule has 2 fully saturated rings. The zero-order chi connectivity index (χ0) is 15.2. The van der Waals surface area contributed by atoms with Gasteiger partial charge >= 0.3 is 0 Å². The molecule has 1 heterocycles. The third-order valence-corrected chi connectivity index (χ3v) is 6.40. The first kappa shape index (κ1) is 14.9. The Kier molecular flexibility index (Phi) is 3.75. The number of hydrogen-bond donors (Lipinski definition) is 1. The molecule has 0 spiro atoms. The fraction of sp³-hybridized carbons (Fsp3) is 0.571. The van der Waals surface area contributed by atoms with Crippen molar-refractivity contribution in [3.05, 3.63) is 29.8 Å². The fourth-order valence-corrected chi connectivity index (χ4v) is 5.08. The van der Waals surface area contributed by atoms with Gasteiger partial charge in [0.15, 0.2) is 0 Å². The van der Waals surface area contributed by atoms with Crippen LogP contribution in [0, 0.1) is 23.5 Å². The number of sulfonamides is 1. The van der Waals surface area contributed by atoms with Crippen LogP contribution in [0.15, 0.2) is 23.1 Å². The average molecular weight is 316 g/mol. The van der Waals surface area contributed by atoms with Crippen LogP contribution in [-0.2, 0) is 10.0 Å². The molecule has 3 unspecified atom stereocenters. The molecule has 3 atom stereocenters. The summed E-state index contributed by atoms with van der Waals surface area (Å²) < 4.78 is 52.9. The molecule has 2 N–H and O–H groups in total. The van der Waals surface area contributed by atoms with Gasteiger partial charge in [-0.15, -0.1) is 0 Å². The van der Waals surface area contributed by atoms with Crippen molar-refractivity contribution in [2.24, 2.45) is 17.6 Å². The number of halogens is 2. The van der Waals surface area contributed by atoms with Crippen molar-refractivity contribution in [2.75, 3.05) is 13.1 Å². The SMILES string of the molecule is NC1CCCC2CN(S(=O)(=O)c3cc(F)cc(F)c3)CC12. The molecule has 116 valence electrons. The van der Waals surface area contributed by atoms with Crippen LogP contribution in [0.5, 0.6) is 0 Å². The van der Waals surface area contributed by atoms with Gasteiger partial charge in [0.2, 0.25) is 10.0 Å². The van der Waals surface area contributed by atoms with Crippen LogP contribution in [0.1, 0.15) is 19.3 Å². The average Bonchev–Trinajstić information content (AvgIpc) is 2.83. The molecule has 1 saturated heterocycles. The normalized spacial score (nSPS) is 30.3. The molecule has 0 radical (unpaired) electrons. The summed E-state index contributed by atoms with van der Waals surface area (Å²) in [6.45, 7) is 0.727. The van der Waals surface area contributed by atoms with Crippen molar-refractivity contribution in [3.8, 4) is 0 Å². The lowest BCUT2D eigenvalue weighted by atomic mass is 9.78. The molecule has 3 rings (SSSR count). The van der Waals surface area contributed by atoms with Crippen molar-refractivity contribution in [2.45, 2.75) is 30.2 Å². The summed E-state index contributed by atoms with van der Waals surface area (Å²) in [5.74, 6) is -1.38. The van der Waals surface area contributed by atoms with Gasteiger partial charge in [0.25, 0.3) is 0 Å². The molecule has 4 nitrogen and oxygen atoms in total. The highest BCUT2D eigenvalue weighted by Gasteiger charge is 2.43. The van der Waals surface area contributed by atoms with Crippen molar-refractivity contribution in [1.29, 1.82) is 0 Å². The van der Waals surface area contributed by atoms with E-state index in [4.69, 9.17) is 5.73 Å². The van der Waals surface area contributed by atoms with Crippen LogP contribution >= 0.6 is 0 Å². The molecule has 21 heavy (non-hydrogen) atoms. The van der Waals surface area contributed by atoms with Crippen LogP contribution in [0.2, 0.25) is 0 Å². The first-order valence-corrected chi connectivity index (χ1v) is 8.54. The fourth-order valence-electron chi connectivity index (χ4n) is 3.50. The lowest BCUT2D eigenvalue weighted by Crippen LogP contribution is -2.38. The third kappa shape index (κ3) is 2.69. The number of benzene rings is 1. The summed E-state index contributed by atoms with van der Waals surface area (Å²) in [4.78, 5) is -0.327. The number of rotatable bonds is 2. The second kappa shape index (κ2) is 5.30. The summed E-state index contributed by atoms with van der Waals surface area (Å²) in [7, 11) is -3.87. The lowest BCUT2D eigenvalue weighted by molar-refractivity contribution is 0.260. The number of nitrogens with two attached hydrogens (primary N) is 1. The molecule has 1 saturated carbocycles. The van der Waals surface area contributed by atoms with E-state index in [0.717, 1.165) is 31.4 Å². The van der Waals surface area contributed by atoms with Crippen LogP contribution in [0.3, 0.4) is 0 Å². The van der Waals surface area contributed by atoms with Crippen LogP contribution in [0.25, 0.3) is 0 Å². The predicted octanol–water partition coefficient (Wildman–Crippen LogP) is 1.71. The summed E-state index contributed by atoms with van der Waals surface area (Å²) in [6.07, 6.45) is 2.87. The van der Waals surface area contributed by atoms with E-state index < -0.39 is 21.7 Å². The van der Waals surface area contributed by atoms with Crippen LogP contribution < -0.4 is 5.73 Å². The first-order valence-electron chi connectivity index (χ1n) is 7.10. The Morgan fingerprint density at radius 3 is 2.38 bits per heavy atom. The molecule has 0 bridgehead atoms. The standard InChI is InChI=1S/C14H18F2N2O2S/c15-10-4-11(16)6-12(5-10)21(19,20)18-7-9-2-1-3-14(17)13(9)8-18/h4-6,9,13-14H,1-3,7-8,17H2. The van der Waals surface area contributed by atoms with Gasteiger partial charge in [-0.25, -0.2) is 17.2 Å². The maximum Gasteiger partial charge on any atom is 0.243 e. The molecule has 0 aromatic heterocycles. The molecule has 7 heteroatoms. The molecule has 0 amide bonds. The topological polar surface area (TPSA) is 63.4 Å². The number of nitrogens with zero attached hydrogens (tertiary/aromatic N) is 1. The van der Waals surface area contributed by atoms with Crippen molar-refractivity contribution in [1.82, 2.24) is 4.31 Å². The van der Waals surface area contributed by atoms with Gasteiger partial charge in [0.1, 0.15) is 11.6 Å². The highest BCUT2D eigenvalue weighted by molar-refractivity contribution is 7.89. The first-order chi connectivity index (χ1) is 9.88. The van der Waals surface area contributed by atoms with Crippen molar-refractivity contribution in [3.63, 3.8) is 0 Å². The summed E-state index contributed by atoms with van der Waals surface area (Å²) in [5, 5.41) is 0. The molecular weight excluding hydrogens is 298 g/mol. The minimum atomic E-state index is -3.87. The molecule has 2 aliphatic rings. The van der Waals surface area contributed by atoms with E-state index in [1.54, 1.807) is 0 Å². The van der Waals surface area contributed by atoms with E-state index in [-0.39, 0.29) is 22.8 Å². The highest BCUT2D eigenvalue weighted by Crippen LogP contribution is 2.37. The van der Waals surface area contributed by atoms with E-state index >= 15 is 0 Å². The minimum Gasteiger partial charge on any atom is -0.327 e. The molecule has 1 aromatic rings. The maximum absolute atomic E-state index is 13.3. The summed E-state index contributed by atoms with van der Waals surface area (Å²) in [5.41, 5.74) is 6.07. The monoisotopic (exact) mass is 316 g/mol.